The van der Waals surface area contributed by atoms with Crippen molar-refractivity contribution in [2.24, 2.45) is 0 Å². The molecule has 0 aromatic carbocycles. The van der Waals surface area contributed by atoms with Crippen LogP contribution in [0.3, 0.4) is 0 Å². The number of H-pyrrole nitrogens is 1. The molecule has 0 saturated carbocycles. The number of alkyl halides is 1. The van der Waals surface area contributed by atoms with Crippen LogP contribution in [0.4, 0.5) is 0 Å². The van der Waals surface area contributed by atoms with Crippen molar-refractivity contribution in [2.45, 2.75) is 12.8 Å². The number of aromatic nitrogens is 1. The minimum Gasteiger partial charge on any atom is -0.365 e. The third-order valence-electron chi connectivity index (χ3n) is 1.38. The van der Waals surface area contributed by atoms with Crippen molar-refractivity contribution in [3.8, 4) is 0 Å². The summed E-state index contributed by atoms with van der Waals surface area (Å²) in [6, 6.07) is 4.13. The fourth-order valence-corrected chi connectivity index (χ4v) is 1.08. The van der Waals surface area contributed by atoms with E-state index >= 15 is 0 Å². The second-order valence-corrected chi connectivity index (χ2v) is 2.83. The number of aromatic amines is 1. The molecule has 0 fully saturated rings. The van der Waals surface area contributed by atoms with Crippen molar-refractivity contribution in [1.29, 1.82) is 0 Å². The number of halogens is 1. The minimum atomic E-state index is 0.597. The smallest absolute Gasteiger partial charge is 0.0184 e. The van der Waals surface area contributed by atoms with Gasteiger partial charge in [0, 0.05) is 23.1 Å². The van der Waals surface area contributed by atoms with E-state index in [0.29, 0.717) is 5.92 Å². The highest BCUT2D eigenvalue weighted by molar-refractivity contribution is 9.09. The van der Waals surface area contributed by atoms with Gasteiger partial charge in [-0.05, 0) is 12.1 Å². The predicted molar refractivity (Wildman–Crippen MR) is 43.0 cm³/mol. The van der Waals surface area contributed by atoms with Crippen molar-refractivity contribution in [3.63, 3.8) is 0 Å². The molecule has 1 N–H and O–H groups in total. The lowest BCUT2D eigenvalue weighted by molar-refractivity contribution is 0.852. The Kier molecular flexibility index (Phi) is 2.34. The van der Waals surface area contributed by atoms with Crippen LogP contribution < -0.4 is 0 Å². The van der Waals surface area contributed by atoms with Gasteiger partial charge in [-0.25, -0.2) is 0 Å². The Labute approximate surface area is 63.6 Å². The van der Waals surface area contributed by atoms with E-state index < -0.39 is 0 Å². The van der Waals surface area contributed by atoms with E-state index in [-0.39, 0.29) is 0 Å². The topological polar surface area (TPSA) is 15.8 Å². The van der Waals surface area contributed by atoms with Gasteiger partial charge in [-0.1, -0.05) is 22.9 Å². The van der Waals surface area contributed by atoms with Gasteiger partial charge in [0.25, 0.3) is 0 Å². The summed E-state index contributed by atoms with van der Waals surface area (Å²) in [5.74, 6) is 0.597. The maximum atomic E-state index is 3.42. The summed E-state index contributed by atoms with van der Waals surface area (Å²) in [5, 5.41) is 1.02. The summed E-state index contributed by atoms with van der Waals surface area (Å²) in [6.07, 6.45) is 1.95. The molecule has 9 heavy (non-hydrogen) atoms. The van der Waals surface area contributed by atoms with Gasteiger partial charge < -0.3 is 4.98 Å². The molecule has 0 radical (unpaired) electrons. The average molecular weight is 188 g/mol. The van der Waals surface area contributed by atoms with Crippen molar-refractivity contribution < 1.29 is 0 Å². The maximum absolute atomic E-state index is 3.42. The molecule has 1 atom stereocenters. The summed E-state index contributed by atoms with van der Waals surface area (Å²) >= 11 is 3.42. The Morgan fingerprint density at radius 3 is 3.00 bits per heavy atom. The first-order chi connectivity index (χ1) is 4.34. The first-order valence-electron chi connectivity index (χ1n) is 3.04. The van der Waals surface area contributed by atoms with Crippen molar-refractivity contribution >= 4 is 15.9 Å². The first-order valence-corrected chi connectivity index (χ1v) is 4.16. The van der Waals surface area contributed by atoms with Gasteiger partial charge in [-0.3, -0.25) is 0 Å². The average Bonchev–Trinajstić information content (AvgIpc) is 2.37. The van der Waals surface area contributed by atoms with E-state index in [9.17, 15) is 0 Å². The molecule has 0 aliphatic rings. The van der Waals surface area contributed by atoms with Gasteiger partial charge in [0.2, 0.25) is 0 Å². The van der Waals surface area contributed by atoms with E-state index in [1.807, 2.05) is 12.3 Å². The molecule has 1 aromatic rings. The van der Waals surface area contributed by atoms with Crippen LogP contribution in [0, 0.1) is 0 Å². The zero-order valence-electron chi connectivity index (χ0n) is 5.39. The molecule has 2 heteroatoms. The van der Waals surface area contributed by atoms with E-state index in [1.54, 1.807) is 0 Å². The van der Waals surface area contributed by atoms with Crippen LogP contribution in [0.25, 0.3) is 0 Å². The highest BCUT2D eigenvalue weighted by Gasteiger charge is 2.01. The number of nitrogens with one attached hydrogen (secondary N) is 1. The molecule has 0 amide bonds. The van der Waals surface area contributed by atoms with Crippen LogP contribution in [0.2, 0.25) is 0 Å². The lowest BCUT2D eigenvalue weighted by atomic mass is 10.1. The molecule has 1 heterocycles. The summed E-state index contributed by atoms with van der Waals surface area (Å²) < 4.78 is 0. The molecule has 0 bridgehead atoms. The van der Waals surface area contributed by atoms with E-state index in [0.717, 1.165) is 5.33 Å². The van der Waals surface area contributed by atoms with Gasteiger partial charge in [0.15, 0.2) is 0 Å². The van der Waals surface area contributed by atoms with Crippen LogP contribution in [0.1, 0.15) is 18.5 Å². The highest BCUT2D eigenvalue weighted by atomic mass is 79.9. The second-order valence-electron chi connectivity index (χ2n) is 2.18. The monoisotopic (exact) mass is 187 g/mol. The Morgan fingerprint density at radius 1 is 1.78 bits per heavy atom. The van der Waals surface area contributed by atoms with Crippen LogP contribution in [0.15, 0.2) is 18.3 Å². The van der Waals surface area contributed by atoms with Gasteiger partial charge in [-0.2, -0.15) is 0 Å². The van der Waals surface area contributed by atoms with Crippen molar-refractivity contribution in [1.82, 2.24) is 4.98 Å². The summed E-state index contributed by atoms with van der Waals surface area (Å²) in [7, 11) is 0. The van der Waals surface area contributed by atoms with Crippen LogP contribution in [-0.4, -0.2) is 10.3 Å². The normalized spacial score (nSPS) is 13.6. The SMILES string of the molecule is CC(CBr)c1ccc[nH]1. The van der Waals surface area contributed by atoms with E-state index in [4.69, 9.17) is 0 Å². The summed E-state index contributed by atoms with van der Waals surface area (Å²) in [4.78, 5) is 3.16. The lowest BCUT2D eigenvalue weighted by Gasteiger charge is -2.02. The molecule has 1 aromatic heterocycles. The molecular weight excluding hydrogens is 178 g/mol. The highest BCUT2D eigenvalue weighted by Crippen LogP contribution is 2.13. The maximum Gasteiger partial charge on any atom is 0.0184 e. The number of hydrogen-bond donors (Lipinski definition) is 1. The minimum absolute atomic E-state index is 0.597. The van der Waals surface area contributed by atoms with Crippen molar-refractivity contribution in [2.75, 3.05) is 5.33 Å². The fourth-order valence-electron chi connectivity index (χ4n) is 0.734. The molecule has 0 saturated heterocycles. The predicted octanol–water partition coefficient (Wildman–Crippen LogP) is 2.51. The Morgan fingerprint density at radius 2 is 2.56 bits per heavy atom. The van der Waals surface area contributed by atoms with Gasteiger partial charge in [0.05, 0.1) is 0 Å². The Balaban J connectivity index is 2.65. The van der Waals surface area contributed by atoms with Crippen LogP contribution in [0.5, 0.6) is 0 Å². The van der Waals surface area contributed by atoms with Crippen molar-refractivity contribution in [3.05, 3.63) is 24.0 Å². The molecule has 50 valence electrons. The zero-order valence-corrected chi connectivity index (χ0v) is 6.98. The first kappa shape index (κ1) is 6.87. The third-order valence-corrected chi connectivity index (χ3v) is 2.36. The molecule has 1 unspecified atom stereocenters. The largest absolute Gasteiger partial charge is 0.365 e. The molecular formula is C7H10BrN. The quantitative estimate of drug-likeness (QED) is 0.686. The molecule has 0 spiro atoms. The van der Waals surface area contributed by atoms with E-state index in [1.165, 1.54) is 5.69 Å². The van der Waals surface area contributed by atoms with Gasteiger partial charge in [-0.15, -0.1) is 0 Å². The standard InChI is InChI=1S/C7H10BrN/c1-6(5-8)7-3-2-4-9-7/h2-4,6,9H,5H2,1H3. The van der Waals surface area contributed by atoms with Crippen LogP contribution in [-0.2, 0) is 0 Å². The number of hydrogen-bond acceptors (Lipinski definition) is 0. The Bertz CT molecular complexity index is 157. The lowest BCUT2D eigenvalue weighted by Crippen LogP contribution is -1.92. The zero-order chi connectivity index (χ0) is 6.69. The molecule has 0 aliphatic heterocycles. The molecule has 0 aliphatic carbocycles. The molecule has 1 rings (SSSR count). The second kappa shape index (κ2) is 3.06. The van der Waals surface area contributed by atoms with Gasteiger partial charge in [0.1, 0.15) is 0 Å². The summed E-state index contributed by atoms with van der Waals surface area (Å²) in [6.45, 7) is 2.18. The molecule has 1 nitrogen and oxygen atoms in total. The number of rotatable bonds is 2. The third kappa shape index (κ3) is 1.58. The van der Waals surface area contributed by atoms with Gasteiger partial charge >= 0.3 is 0 Å². The summed E-state index contributed by atoms with van der Waals surface area (Å²) in [5.41, 5.74) is 1.30. The van der Waals surface area contributed by atoms with Crippen LogP contribution >= 0.6 is 15.9 Å². The van der Waals surface area contributed by atoms with E-state index in [2.05, 4.69) is 33.9 Å². The fraction of sp³-hybridized carbons (Fsp3) is 0.429. The Hall–Kier alpha value is -0.240.